The molecule has 0 atom stereocenters. The molecule has 1 N–H and O–H groups in total. The molecule has 0 spiro atoms. The number of halogens is 1. The Morgan fingerprint density at radius 3 is 2.88 bits per heavy atom. The number of fused-ring (bicyclic) bond motifs is 2. The summed E-state index contributed by atoms with van der Waals surface area (Å²) in [4.78, 5) is 43.8. The molecule has 0 amide bonds. The largest absolute Gasteiger partial charge is 0.462 e. The lowest BCUT2D eigenvalue weighted by molar-refractivity contribution is 0.0316. The normalized spacial score (nSPS) is 17.3. The van der Waals surface area contributed by atoms with Crippen LogP contribution in [-0.4, -0.2) is 84.0 Å². The van der Waals surface area contributed by atoms with Crippen LogP contribution in [0.4, 0.5) is 10.2 Å². The topological polar surface area (TPSA) is 110 Å². The van der Waals surface area contributed by atoms with E-state index in [9.17, 15) is 9.59 Å². The van der Waals surface area contributed by atoms with Gasteiger partial charge in [0.05, 0.1) is 30.0 Å². The van der Waals surface area contributed by atoms with Gasteiger partial charge in [-0.1, -0.05) is 6.07 Å². The van der Waals surface area contributed by atoms with Crippen LogP contribution in [0, 0.1) is 5.82 Å². The first-order chi connectivity index (χ1) is 19.6. The smallest absolute Gasteiger partial charge is 0.317 e. The van der Waals surface area contributed by atoms with E-state index >= 15 is 4.39 Å². The number of hydrogen-bond acceptors (Lipinski definition) is 10. The second-order valence-electron chi connectivity index (χ2n) is 10.1. The quantitative estimate of drug-likeness (QED) is 0.422. The number of nitrogens with zero attached hydrogens (tertiary/aromatic N) is 5. The van der Waals surface area contributed by atoms with Crippen LogP contribution in [0.2, 0.25) is 0 Å². The van der Waals surface area contributed by atoms with Crippen LogP contribution in [0.15, 0.2) is 36.5 Å². The molecule has 1 fully saturated rings. The third-order valence-electron chi connectivity index (χ3n) is 7.51. The fraction of sp³-hybridized carbons (Fsp3) is 0.414. The molecule has 11 heteroatoms. The van der Waals surface area contributed by atoms with Crippen molar-refractivity contribution in [3.63, 3.8) is 0 Å². The third-order valence-corrected chi connectivity index (χ3v) is 7.51. The summed E-state index contributed by atoms with van der Waals surface area (Å²) >= 11 is 0. The average molecular weight is 547 g/mol. The van der Waals surface area contributed by atoms with Gasteiger partial charge in [0.25, 0.3) is 0 Å². The number of carbonyl (C=O) groups is 2. The highest BCUT2D eigenvalue weighted by atomic mass is 19.1. The number of nitrogens with one attached hydrogen (secondary N) is 1. The van der Waals surface area contributed by atoms with Crippen LogP contribution >= 0.6 is 0 Å². The molecule has 0 radical (unpaired) electrons. The number of anilines is 1. The predicted octanol–water partition coefficient (Wildman–Crippen LogP) is 2.19. The van der Waals surface area contributed by atoms with Crippen molar-refractivity contribution in [3.8, 4) is 6.01 Å². The molecule has 0 aliphatic carbocycles. The standard InChI is InChI=1S/C29H31FN6O4/c30-23-4-3-19(18-36-9-6-25(37)20-2-1-7-32-28(20)36)16-21(23)27(38)26-22-17-31-8-5-24(22)33-29(34-26)40-15-12-35-10-13-39-14-11-35/h1-4,7,16,31H,5-6,8-15,17-18H2. The molecule has 5 heterocycles. The first-order valence-corrected chi connectivity index (χ1v) is 13.7. The highest BCUT2D eigenvalue weighted by molar-refractivity contribution is 6.09. The first kappa shape index (κ1) is 26.4. The lowest BCUT2D eigenvalue weighted by atomic mass is 9.97. The number of carbonyl (C=O) groups excluding carboxylic acids is 2. The monoisotopic (exact) mass is 546 g/mol. The maximum atomic E-state index is 15.1. The molecule has 1 aromatic carbocycles. The molecule has 40 heavy (non-hydrogen) atoms. The van der Waals surface area contributed by atoms with Crippen LogP contribution in [0.5, 0.6) is 6.01 Å². The summed E-state index contributed by atoms with van der Waals surface area (Å²) in [7, 11) is 0. The summed E-state index contributed by atoms with van der Waals surface area (Å²) in [5, 5.41) is 3.26. The van der Waals surface area contributed by atoms with Gasteiger partial charge in [-0.25, -0.2) is 9.37 Å². The molecule has 0 saturated carbocycles. The molecule has 0 bridgehead atoms. The zero-order valence-electron chi connectivity index (χ0n) is 22.2. The van der Waals surface area contributed by atoms with E-state index in [1.54, 1.807) is 30.5 Å². The number of benzene rings is 1. The molecule has 0 unspecified atom stereocenters. The van der Waals surface area contributed by atoms with E-state index in [1.165, 1.54) is 6.07 Å². The molecule has 1 saturated heterocycles. The van der Waals surface area contributed by atoms with Gasteiger partial charge in [0.15, 0.2) is 5.78 Å². The molecular formula is C29H31FN6O4. The van der Waals surface area contributed by atoms with E-state index in [0.29, 0.717) is 75.8 Å². The second-order valence-corrected chi connectivity index (χ2v) is 10.1. The molecule has 208 valence electrons. The number of rotatable bonds is 8. The van der Waals surface area contributed by atoms with E-state index in [-0.39, 0.29) is 23.1 Å². The Morgan fingerprint density at radius 1 is 1.12 bits per heavy atom. The maximum absolute atomic E-state index is 15.1. The van der Waals surface area contributed by atoms with Gasteiger partial charge >= 0.3 is 6.01 Å². The summed E-state index contributed by atoms with van der Waals surface area (Å²) in [5.74, 6) is -0.468. The summed E-state index contributed by atoms with van der Waals surface area (Å²) < 4.78 is 26.4. The van der Waals surface area contributed by atoms with Crippen molar-refractivity contribution < 1.29 is 23.5 Å². The minimum absolute atomic E-state index is 0.0550. The van der Waals surface area contributed by atoms with Crippen LogP contribution < -0.4 is 15.0 Å². The summed E-state index contributed by atoms with van der Waals surface area (Å²) in [6.45, 7) is 6.20. The minimum atomic E-state index is -0.619. The Bertz CT molecular complexity index is 1430. The van der Waals surface area contributed by atoms with Gasteiger partial charge < -0.3 is 19.7 Å². The molecule has 2 aromatic heterocycles. The highest BCUT2D eigenvalue weighted by Gasteiger charge is 2.27. The molecular weight excluding hydrogens is 515 g/mol. The maximum Gasteiger partial charge on any atom is 0.317 e. The lowest BCUT2D eigenvalue weighted by Gasteiger charge is -2.29. The Morgan fingerprint density at radius 2 is 2.00 bits per heavy atom. The second kappa shape index (κ2) is 11.7. The van der Waals surface area contributed by atoms with Gasteiger partial charge in [-0.2, -0.15) is 9.97 Å². The van der Waals surface area contributed by atoms with Gasteiger partial charge in [-0.3, -0.25) is 14.5 Å². The first-order valence-electron chi connectivity index (χ1n) is 13.7. The molecule has 3 aliphatic heterocycles. The van der Waals surface area contributed by atoms with Crippen molar-refractivity contribution in [1.82, 2.24) is 25.2 Å². The van der Waals surface area contributed by atoms with Gasteiger partial charge in [-0.15, -0.1) is 0 Å². The van der Waals surface area contributed by atoms with Crippen molar-refractivity contribution >= 4 is 17.4 Å². The third kappa shape index (κ3) is 5.58. The van der Waals surface area contributed by atoms with E-state index in [2.05, 4.69) is 25.2 Å². The van der Waals surface area contributed by atoms with Gasteiger partial charge in [0.1, 0.15) is 23.9 Å². The number of pyridine rings is 1. The van der Waals surface area contributed by atoms with Crippen LogP contribution in [0.1, 0.15) is 49.7 Å². The number of ketones is 2. The number of ether oxygens (including phenoxy) is 2. The van der Waals surface area contributed by atoms with Crippen molar-refractivity contribution in [2.24, 2.45) is 0 Å². The van der Waals surface area contributed by atoms with Crippen LogP contribution in [0.3, 0.4) is 0 Å². The zero-order chi connectivity index (χ0) is 27.5. The van der Waals surface area contributed by atoms with Crippen molar-refractivity contribution in [2.75, 3.05) is 57.4 Å². The highest BCUT2D eigenvalue weighted by Crippen LogP contribution is 2.27. The number of morpholine rings is 1. The Labute approximate surface area is 231 Å². The number of aromatic nitrogens is 3. The van der Waals surface area contributed by atoms with Gasteiger partial charge in [0, 0.05) is 70.4 Å². The minimum Gasteiger partial charge on any atom is -0.462 e. The molecule has 3 aromatic rings. The average Bonchev–Trinajstić information content (AvgIpc) is 2.99. The SMILES string of the molecule is O=C1CCN(Cc2ccc(F)c(C(=O)c3nc(OCCN4CCOCC4)nc4c3CNCC4)c2)c2ncccc21. The fourth-order valence-corrected chi connectivity index (χ4v) is 5.35. The Hall–Kier alpha value is -3.80. The summed E-state index contributed by atoms with van der Waals surface area (Å²) in [6.07, 6.45) is 2.65. The zero-order valence-corrected chi connectivity index (χ0v) is 22.2. The molecule has 10 nitrogen and oxygen atoms in total. The van der Waals surface area contributed by atoms with E-state index in [0.717, 1.165) is 30.9 Å². The summed E-state index contributed by atoms with van der Waals surface area (Å²) in [6, 6.07) is 8.18. The van der Waals surface area contributed by atoms with E-state index < -0.39 is 11.6 Å². The van der Waals surface area contributed by atoms with Gasteiger partial charge in [0.2, 0.25) is 5.78 Å². The predicted molar refractivity (Wildman–Crippen MR) is 144 cm³/mol. The molecule has 3 aliphatic rings. The van der Waals surface area contributed by atoms with Crippen molar-refractivity contribution in [2.45, 2.75) is 25.9 Å². The summed E-state index contributed by atoms with van der Waals surface area (Å²) in [5.41, 5.74) is 2.83. The van der Waals surface area contributed by atoms with Crippen molar-refractivity contribution in [3.05, 3.63) is 76.0 Å². The van der Waals surface area contributed by atoms with E-state index in [1.807, 2.05) is 4.90 Å². The Balaban J connectivity index is 1.25. The fourth-order valence-electron chi connectivity index (χ4n) is 5.35. The van der Waals surface area contributed by atoms with Crippen LogP contribution in [-0.2, 0) is 24.2 Å². The Kier molecular flexibility index (Phi) is 7.76. The van der Waals surface area contributed by atoms with Gasteiger partial charge in [-0.05, 0) is 29.8 Å². The van der Waals surface area contributed by atoms with E-state index in [4.69, 9.17) is 9.47 Å². The number of Topliss-reactive ketones (excluding diaryl/α,β-unsaturated/α-hetero) is 1. The van der Waals surface area contributed by atoms with Crippen molar-refractivity contribution in [1.29, 1.82) is 0 Å². The molecule has 6 rings (SSSR count). The lowest BCUT2D eigenvalue weighted by Crippen LogP contribution is -2.38. The van der Waals surface area contributed by atoms with Crippen LogP contribution in [0.25, 0.3) is 0 Å². The number of hydrogen-bond donors (Lipinski definition) is 1.